The SMILES string of the molecule is [2H]c1c([2H])c(-c2cccc(-c3ccc4c(c3)C(C)(C)CCC4(C)C)c2N2[CH-]N(c3[c-]c(Oc4[c-]c5c(cc4)c4c([2H])c([2H])c([2H])c([2H])c4n5-c4cc(C(C)(C)C)ccn4)ccc3)c3ccccc32)c([2H])c([2H])c1-c1cc(C(C)(C)C)cc(C([2H])([2H])C(C)C)c1.[Pt]. The van der Waals surface area contributed by atoms with Crippen molar-refractivity contribution in [3.05, 3.63) is 222 Å². The molecule has 10 aromatic rings. The molecule has 0 radical (unpaired) electrons. The van der Waals surface area contributed by atoms with E-state index in [0.29, 0.717) is 61.7 Å². The summed E-state index contributed by atoms with van der Waals surface area (Å²) in [5, 5.41) is 0.907. The van der Waals surface area contributed by atoms with E-state index in [4.69, 9.17) is 17.9 Å². The first kappa shape index (κ1) is 43.6. The summed E-state index contributed by atoms with van der Waals surface area (Å²) in [5.41, 5.74) is 10.4. The maximum absolute atomic E-state index is 10.0. The summed E-state index contributed by atoms with van der Waals surface area (Å²) in [6.45, 7) is 27.3. The molecule has 80 heavy (non-hydrogen) atoms. The van der Waals surface area contributed by atoms with E-state index < -0.39 is 11.8 Å². The molecular weight excluding hydrogens is 1160 g/mol. The largest absolute Gasteiger partial charge is 0.509 e. The Balaban J connectivity index is 0.00000833. The predicted molar refractivity (Wildman–Crippen MR) is 332 cm³/mol. The van der Waals surface area contributed by atoms with E-state index in [1.807, 2.05) is 119 Å². The van der Waals surface area contributed by atoms with Crippen LogP contribution in [0, 0.1) is 24.7 Å². The molecule has 0 N–H and O–H groups in total. The van der Waals surface area contributed by atoms with Crippen molar-refractivity contribution in [2.24, 2.45) is 5.92 Å². The number of nitrogens with zero attached hydrogens (tertiary/aromatic N) is 4. The summed E-state index contributed by atoms with van der Waals surface area (Å²) < 4.78 is 102. The van der Waals surface area contributed by atoms with Crippen LogP contribution in [0.2, 0.25) is 0 Å². The van der Waals surface area contributed by atoms with Gasteiger partial charge in [0.05, 0.1) is 11.0 Å². The van der Waals surface area contributed by atoms with Crippen molar-refractivity contribution in [1.82, 2.24) is 9.55 Å². The molecule has 0 amide bonds. The third-order valence-electron chi connectivity index (χ3n) is 15.9. The second-order valence-electron chi connectivity index (χ2n) is 25.0. The van der Waals surface area contributed by atoms with Gasteiger partial charge in [-0.05, 0) is 133 Å². The quantitative estimate of drug-likeness (QED) is 0.128. The Morgan fingerprint density at radius 1 is 0.625 bits per heavy atom. The summed E-state index contributed by atoms with van der Waals surface area (Å²) in [5.74, 6) is 0.756. The first-order chi connectivity index (χ1) is 41.8. The van der Waals surface area contributed by atoms with E-state index in [1.165, 1.54) is 11.1 Å². The molecule has 6 heteroatoms. The smallest absolute Gasteiger partial charge is 0.135 e. The van der Waals surface area contributed by atoms with Gasteiger partial charge in [-0.2, -0.15) is 12.1 Å². The summed E-state index contributed by atoms with van der Waals surface area (Å²) in [7, 11) is 0. The molecule has 3 heterocycles. The Morgan fingerprint density at radius 2 is 1.29 bits per heavy atom. The molecule has 0 saturated carbocycles. The van der Waals surface area contributed by atoms with Gasteiger partial charge >= 0.3 is 0 Å². The van der Waals surface area contributed by atoms with Crippen LogP contribution >= 0.6 is 0 Å². The fourth-order valence-corrected chi connectivity index (χ4v) is 11.4. The minimum Gasteiger partial charge on any atom is -0.509 e. The van der Waals surface area contributed by atoms with Crippen LogP contribution < -0.4 is 14.5 Å². The Morgan fingerprint density at radius 3 is 2.01 bits per heavy atom. The summed E-state index contributed by atoms with van der Waals surface area (Å²) in [6.07, 6.45) is 2.02. The zero-order valence-electron chi connectivity index (χ0n) is 57.7. The van der Waals surface area contributed by atoms with Crippen LogP contribution in [0.5, 0.6) is 11.5 Å². The summed E-state index contributed by atoms with van der Waals surface area (Å²) >= 11 is 0. The molecule has 2 aromatic heterocycles. The number of benzene rings is 8. The van der Waals surface area contributed by atoms with Crippen molar-refractivity contribution in [3.8, 4) is 50.7 Å². The van der Waals surface area contributed by atoms with Gasteiger partial charge in [0, 0.05) is 75.2 Å². The van der Waals surface area contributed by atoms with Crippen LogP contribution in [0.1, 0.15) is 137 Å². The first-order valence-electron chi connectivity index (χ1n) is 32.5. The number of para-hydroxylation sites is 4. The third kappa shape index (κ3) is 10.2. The number of hydrogen-bond acceptors (Lipinski definition) is 4. The van der Waals surface area contributed by atoms with Crippen molar-refractivity contribution >= 4 is 44.6 Å². The van der Waals surface area contributed by atoms with Crippen LogP contribution in [-0.2, 0) is 49.1 Å². The molecule has 0 unspecified atom stereocenters. The van der Waals surface area contributed by atoms with Crippen molar-refractivity contribution in [2.75, 3.05) is 9.80 Å². The van der Waals surface area contributed by atoms with E-state index in [2.05, 4.69) is 89.8 Å². The summed E-state index contributed by atoms with van der Waals surface area (Å²) in [6, 6.07) is 44.0. The van der Waals surface area contributed by atoms with Crippen LogP contribution in [-0.4, -0.2) is 9.55 Å². The Hall–Kier alpha value is -7.20. The second-order valence-corrected chi connectivity index (χ2v) is 25.0. The molecule has 12 rings (SSSR count). The maximum Gasteiger partial charge on any atom is 0.135 e. The molecule has 5 nitrogen and oxygen atoms in total. The molecule has 0 saturated heterocycles. The second kappa shape index (κ2) is 20.7. The van der Waals surface area contributed by atoms with Gasteiger partial charge in [0.1, 0.15) is 5.82 Å². The minimum absolute atomic E-state index is 0. The van der Waals surface area contributed by atoms with Gasteiger partial charge in [0.25, 0.3) is 0 Å². The van der Waals surface area contributed by atoms with Gasteiger partial charge in [-0.1, -0.05) is 198 Å². The average molecular weight is 1240 g/mol. The molecule has 0 atom stereocenters. The molecule has 0 spiro atoms. The number of fused-ring (bicyclic) bond motifs is 5. The zero-order chi connectivity index (χ0) is 63.9. The van der Waals surface area contributed by atoms with Crippen molar-refractivity contribution < 1.29 is 39.5 Å². The van der Waals surface area contributed by atoms with Gasteiger partial charge in [-0.3, -0.25) is 0 Å². The predicted octanol–water partition coefficient (Wildman–Crippen LogP) is 20.1. The topological polar surface area (TPSA) is 33.5 Å². The monoisotopic (exact) mass is 1240 g/mol. The number of ether oxygens (including phenoxy) is 1. The van der Waals surface area contributed by atoms with Crippen LogP contribution in [0.15, 0.2) is 176 Å². The fraction of sp³-hybridized carbons (Fsp3) is 0.270. The molecule has 0 bridgehead atoms. The van der Waals surface area contributed by atoms with E-state index in [0.717, 1.165) is 46.5 Å². The van der Waals surface area contributed by atoms with Crippen molar-refractivity contribution in [1.29, 1.82) is 0 Å². The molecule has 408 valence electrons. The molecule has 0 fully saturated rings. The first-order valence-corrected chi connectivity index (χ1v) is 27.5. The van der Waals surface area contributed by atoms with Gasteiger partial charge < -0.3 is 19.1 Å². The Labute approximate surface area is 504 Å². The van der Waals surface area contributed by atoms with Gasteiger partial charge in [0.2, 0.25) is 0 Å². The van der Waals surface area contributed by atoms with E-state index in [-0.39, 0.29) is 108 Å². The molecule has 1 aliphatic carbocycles. The van der Waals surface area contributed by atoms with Crippen molar-refractivity contribution in [3.63, 3.8) is 0 Å². The zero-order valence-corrected chi connectivity index (χ0v) is 50.0. The molecular formula is C74H73N4OPt-3. The van der Waals surface area contributed by atoms with E-state index in [9.17, 15) is 5.48 Å². The molecule has 1 aliphatic heterocycles. The molecule has 2 aliphatic rings. The van der Waals surface area contributed by atoms with Crippen LogP contribution in [0.4, 0.5) is 22.7 Å². The molecule has 8 aromatic carbocycles. The van der Waals surface area contributed by atoms with E-state index in [1.54, 1.807) is 35.0 Å². The Kier molecular flexibility index (Phi) is 11.3. The number of aromatic nitrogens is 2. The van der Waals surface area contributed by atoms with Gasteiger partial charge in [0.15, 0.2) is 0 Å². The van der Waals surface area contributed by atoms with E-state index >= 15 is 0 Å². The average Bonchev–Trinajstić information content (AvgIpc) is 1.42. The maximum atomic E-state index is 10.0. The van der Waals surface area contributed by atoms with Gasteiger partial charge in [-0.25, -0.2) is 4.98 Å². The number of hydrogen-bond donors (Lipinski definition) is 0. The minimum atomic E-state index is -1.74. The normalized spacial score (nSPS) is 16.8. The fourth-order valence-electron chi connectivity index (χ4n) is 11.4. The standard InChI is InChI=1S/C74H73N4O.Pt/c1-48(2)39-49-40-53(42-55(41-49)72(6,7)8)50-27-29-51(30-28-50)59-22-18-23-60(52-31-34-63-64(43-52)74(11,12)37-36-73(63,9)10)70(59)77-47-76(66-25-15-16-26-67(66)77)56-19-17-20-57(45-56)79-58-32-33-62-61-21-13-14-24-65(61)78(68(62)46-58)69-44-54(35-38-75-69)71(3,4)5;/h13-35,38,40-44,47-48H,36-37,39H2,1-12H3;/q-3;/i13D,14D,21D,24D,27D,28D,29D,30D,39D2;. The van der Waals surface area contributed by atoms with Crippen LogP contribution in [0.25, 0.3) is 61.0 Å². The number of anilines is 4. The Bertz CT molecular complexity index is 4530. The summed E-state index contributed by atoms with van der Waals surface area (Å²) in [4.78, 5) is 8.82. The van der Waals surface area contributed by atoms with Gasteiger partial charge in [-0.15, -0.1) is 48.1 Å². The van der Waals surface area contributed by atoms with Crippen LogP contribution in [0.3, 0.4) is 0 Å². The van der Waals surface area contributed by atoms with Crippen molar-refractivity contribution in [2.45, 2.75) is 124 Å². The number of rotatable bonds is 10. The number of pyridine rings is 1. The third-order valence-corrected chi connectivity index (χ3v) is 15.9.